The maximum Gasteiger partial charge on any atom is 0.111 e. The number of hydrogen-bond acceptors (Lipinski definition) is 2. The van der Waals surface area contributed by atoms with Crippen molar-refractivity contribution in [2.45, 2.75) is 39.2 Å². The van der Waals surface area contributed by atoms with Gasteiger partial charge in [0, 0.05) is 31.3 Å². The third-order valence-corrected chi connectivity index (χ3v) is 1.95. The van der Waals surface area contributed by atoms with Crippen molar-refractivity contribution in [3.8, 4) is 6.07 Å². The number of nitriles is 1. The van der Waals surface area contributed by atoms with Crippen LogP contribution in [0.1, 0.15) is 38.4 Å². The Morgan fingerprint density at radius 2 is 2.38 bits per heavy atom. The highest BCUT2D eigenvalue weighted by atomic mass is 15.1. The zero-order valence-electron chi connectivity index (χ0n) is 8.20. The minimum absolute atomic E-state index is 0.456. The maximum absolute atomic E-state index is 8.40. The van der Waals surface area contributed by atoms with E-state index >= 15 is 0 Å². The Balaban J connectivity index is 2.56. The van der Waals surface area contributed by atoms with Crippen molar-refractivity contribution < 1.29 is 0 Å². The number of hydrogen-bond donors (Lipinski definition) is 0. The van der Waals surface area contributed by atoms with E-state index in [1.54, 1.807) is 0 Å². The summed E-state index contributed by atoms with van der Waals surface area (Å²) in [6.07, 6.45) is 5.33. The summed E-state index contributed by atoms with van der Waals surface area (Å²) in [4.78, 5) is 4.27. The summed E-state index contributed by atoms with van der Waals surface area (Å²) in [6.45, 7) is 5.16. The van der Waals surface area contributed by atoms with Gasteiger partial charge < -0.3 is 4.57 Å². The van der Waals surface area contributed by atoms with Crippen molar-refractivity contribution >= 4 is 0 Å². The smallest absolute Gasteiger partial charge is 0.111 e. The van der Waals surface area contributed by atoms with Crippen LogP contribution < -0.4 is 0 Å². The third kappa shape index (κ3) is 2.59. The van der Waals surface area contributed by atoms with Crippen LogP contribution in [0.25, 0.3) is 0 Å². The molecule has 0 aliphatic rings. The fraction of sp³-hybridized carbons (Fsp3) is 0.600. The van der Waals surface area contributed by atoms with Crippen LogP contribution in [-0.2, 0) is 6.54 Å². The van der Waals surface area contributed by atoms with Gasteiger partial charge in [-0.05, 0) is 6.42 Å². The minimum Gasteiger partial charge on any atom is -0.335 e. The highest BCUT2D eigenvalue weighted by Gasteiger charge is 2.05. The number of unbranched alkanes of at least 4 members (excludes halogenated alkanes) is 1. The van der Waals surface area contributed by atoms with Gasteiger partial charge in [0.25, 0.3) is 0 Å². The van der Waals surface area contributed by atoms with Crippen LogP contribution in [0.15, 0.2) is 12.4 Å². The molecule has 0 radical (unpaired) electrons. The molecule has 13 heavy (non-hydrogen) atoms. The van der Waals surface area contributed by atoms with Gasteiger partial charge in [-0.1, -0.05) is 13.8 Å². The molecule has 0 aliphatic carbocycles. The van der Waals surface area contributed by atoms with Crippen LogP contribution in [-0.4, -0.2) is 9.55 Å². The van der Waals surface area contributed by atoms with Gasteiger partial charge in [-0.2, -0.15) is 5.26 Å². The van der Waals surface area contributed by atoms with Crippen LogP contribution >= 0.6 is 0 Å². The molecule has 1 aromatic rings. The van der Waals surface area contributed by atoms with E-state index in [2.05, 4.69) is 29.5 Å². The minimum atomic E-state index is 0.456. The van der Waals surface area contributed by atoms with Gasteiger partial charge in [-0.25, -0.2) is 4.98 Å². The lowest BCUT2D eigenvalue weighted by Gasteiger charge is -2.08. The summed E-state index contributed by atoms with van der Waals surface area (Å²) in [6, 6.07) is 2.15. The fourth-order valence-corrected chi connectivity index (χ4v) is 1.34. The topological polar surface area (TPSA) is 41.6 Å². The number of rotatable bonds is 4. The Kier molecular flexibility index (Phi) is 3.51. The van der Waals surface area contributed by atoms with Gasteiger partial charge in [0.1, 0.15) is 5.82 Å². The molecule has 1 rings (SSSR count). The lowest BCUT2D eigenvalue weighted by molar-refractivity contribution is 0.595. The molecule has 0 aliphatic heterocycles. The molecule has 0 amide bonds. The van der Waals surface area contributed by atoms with Crippen molar-refractivity contribution in [3.05, 3.63) is 18.2 Å². The van der Waals surface area contributed by atoms with Gasteiger partial charge >= 0.3 is 0 Å². The van der Waals surface area contributed by atoms with Crippen LogP contribution in [0, 0.1) is 11.3 Å². The number of aryl methyl sites for hydroxylation is 1. The van der Waals surface area contributed by atoms with Gasteiger partial charge in [0.2, 0.25) is 0 Å². The molecule has 0 atom stereocenters. The predicted octanol–water partition coefficient (Wildman–Crippen LogP) is 2.31. The SMILES string of the molecule is CC(C)c1nccn1CCCC#N. The molecule has 3 nitrogen and oxygen atoms in total. The highest BCUT2D eigenvalue weighted by molar-refractivity contribution is 4.97. The van der Waals surface area contributed by atoms with E-state index in [9.17, 15) is 0 Å². The first-order chi connectivity index (χ1) is 6.25. The van der Waals surface area contributed by atoms with E-state index in [0.29, 0.717) is 12.3 Å². The number of nitrogens with zero attached hydrogens (tertiary/aromatic N) is 3. The Labute approximate surface area is 79.0 Å². The summed E-state index contributed by atoms with van der Waals surface area (Å²) in [5.41, 5.74) is 0. The van der Waals surface area contributed by atoms with E-state index in [1.807, 2.05) is 12.4 Å². The normalized spacial score (nSPS) is 10.3. The summed E-state index contributed by atoms with van der Waals surface area (Å²) in [5, 5.41) is 8.40. The Hall–Kier alpha value is -1.30. The molecular weight excluding hydrogens is 162 g/mol. The zero-order valence-corrected chi connectivity index (χ0v) is 8.20. The van der Waals surface area contributed by atoms with E-state index < -0.39 is 0 Å². The lowest BCUT2D eigenvalue weighted by Crippen LogP contribution is -2.04. The van der Waals surface area contributed by atoms with E-state index in [0.717, 1.165) is 18.8 Å². The largest absolute Gasteiger partial charge is 0.335 e. The molecule has 0 N–H and O–H groups in total. The molecule has 1 heterocycles. The summed E-state index contributed by atoms with van der Waals surface area (Å²) < 4.78 is 2.13. The van der Waals surface area contributed by atoms with Crippen molar-refractivity contribution in [3.63, 3.8) is 0 Å². The van der Waals surface area contributed by atoms with Crippen LogP contribution in [0.3, 0.4) is 0 Å². The van der Waals surface area contributed by atoms with Crippen molar-refractivity contribution in [2.24, 2.45) is 0 Å². The molecular formula is C10H15N3. The van der Waals surface area contributed by atoms with Crippen molar-refractivity contribution in [1.29, 1.82) is 5.26 Å². The molecule has 0 saturated heterocycles. The predicted molar refractivity (Wildman–Crippen MR) is 51.2 cm³/mol. The van der Waals surface area contributed by atoms with Crippen LogP contribution in [0.2, 0.25) is 0 Å². The van der Waals surface area contributed by atoms with E-state index in [1.165, 1.54) is 0 Å². The molecule has 0 aromatic carbocycles. The average Bonchev–Trinajstić information content (AvgIpc) is 2.53. The average molecular weight is 177 g/mol. The Bertz CT molecular complexity index is 293. The molecule has 0 spiro atoms. The van der Waals surface area contributed by atoms with E-state index in [-0.39, 0.29) is 0 Å². The quantitative estimate of drug-likeness (QED) is 0.662. The molecule has 1 aromatic heterocycles. The van der Waals surface area contributed by atoms with Crippen LogP contribution in [0.4, 0.5) is 0 Å². The molecule has 70 valence electrons. The standard InChI is InChI=1S/C10H15N3/c1-9(2)10-12-6-8-13(10)7-4-3-5-11/h6,8-9H,3-4,7H2,1-2H3. The zero-order chi connectivity index (χ0) is 9.68. The highest BCUT2D eigenvalue weighted by Crippen LogP contribution is 2.12. The second-order valence-electron chi connectivity index (χ2n) is 3.40. The summed E-state index contributed by atoms with van der Waals surface area (Å²) in [5.74, 6) is 1.56. The molecule has 0 saturated carbocycles. The van der Waals surface area contributed by atoms with Crippen molar-refractivity contribution in [1.82, 2.24) is 9.55 Å². The van der Waals surface area contributed by atoms with Crippen molar-refractivity contribution in [2.75, 3.05) is 0 Å². The third-order valence-electron chi connectivity index (χ3n) is 1.95. The lowest BCUT2D eigenvalue weighted by atomic mass is 10.2. The monoisotopic (exact) mass is 177 g/mol. The molecule has 0 unspecified atom stereocenters. The summed E-state index contributed by atoms with van der Waals surface area (Å²) in [7, 11) is 0. The first kappa shape index (κ1) is 9.79. The van der Waals surface area contributed by atoms with Gasteiger partial charge in [-0.3, -0.25) is 0 Å². The first-order valence-corrected chi connectivity index (χ1v) is 4.63. The second-order valence-corrected chi connectivity index (χ2v) is 3.40. The molecule has 3 heteroatoms. The first-order valence-electron chi connectivity index (χ1n) is 4.63. The van der Waals surface area contributed by atoms with Gasteiger partial charge in [0.15, 0.2) is 0 Å². The molecule has 0 fully saturated rings. The maximum atomic E-state index is 8.40. The fourth-order valence-electron chi connectivity index (χ4n) is 1.34. The van der Waals surface area contributed by atoms with E-state index in [4.69, 9.17) is 5.26 Å². The molecule has 0 bridgehead atoms. The second kappa shape index (κ2) is 4.66. The summed E-state index contributed by atoms with van der Waals surface area (Å²) >= 11 is 0. The Morgan fingerprint density at radius 1 is 1.62 bits per heavy atom. The van der Waals surface area contributed by atoms with Gasteiger partial charge in [-0.15, -0.1) is 0 Å². The van der Waals surface area contributed by atoms with Gasteiger partial charge in [0.05, 0.1) is 6.07 Å². The number of aromatic nitrogens is 2. The van der Waals surface area contributed by atoms with Crippen LogP contribution in [0.5, 0.6) is 0 Å². The number of imidazole rings is 1. The Morgan fingerprint density at radius 3 is 3.00 bits per heavy atom.